The number of hydrogen-bond donors (Lipinski definition) is 3. The molecule has 1 fully saturated rings. The molecule has 2 rings (SSSR count). The molecular weight excluding hydrogens is 248 g/mol. The first-order chi connectivity index (χ1) is 9.13. The molecule has 1 aliphatic rings. The Morgan fingerprint density at radius 3 is 2.95 bits per heavy atom. The Balaban J connectivity index is 2.30. The average molecular weight is 268 g/mol. The number of nitrogen functional groups attached to an aromatic ring is 1. The van der Waals surface area contributed by atoms with Gasteiger partial charge in [0.1, 0.15) is 11.5 Å². The molecule has 0 radical (unpaired) electrons. The molecule has 1 unspecified atom stereocenters. The predicted octanol–water partition coefficient (Wildman–Crippen LogP) is 0.120. The molecule has 2 heterocycles. The molecule has 1 aliphatic heterocycles. The van der Waals surface area contributed by atoms with Gasteiger partial charge in [0.15, 0.2) is 0 Å². The Kier molecular flexibility index (Phi) is 4.26. The number of hydrogen-bond acceptors (Lipinski definition) is 5. The van der Waals surface area contributed by atoms with Gasteiger partial charge in [0.2, 0.25) is 0 Å². The Bertz CT molecular complexity index is 543. The van der Waals surface area contributed by atoms with Crippen molar-refractivity contribution >= 4 is 11.5 Å². The summed E-state index contributed by atoms with van der Waals surface area (Å²) in [5.74, 6) is 0.196. The quantitative estimate of drug-likeness (QED) is 0.720. The maximum Gasteiger partial charge on any atom is 0.330 e. The molecule has 7 heteroatoms. The molecule has 0 amide bonds. The summed E-state index contributed by atoms with van der Waals surface area (Å²) >= 11 is 0. The van der Waals surface area contributed by atoms with Crippen molar-refractivity contribution < 1.29 is 4.74 Å². The van der Waals surface area contributed by atoms with Gasteiger partial charge in [-0.05, 0) is 19.3 Å². The van der Waals surface area contributed by atoms with Gasteiger partial charge in [-0.3, -0.25) is 14.3 Å². The van der Waals surface area contributed by atoms with Crippen LogP contribution in [0.3, 0.4) is 0 Å². The zero-order valence-electron chi connectivity index (χ0n) is 11.1. The van der Waals surface area contributed by atoms with Crippen molar-refractivity contribution in [3.05, 3.63) is 20.8 Å². The summed E-state index contributed by atoms with van der Waals surface area (Å²) in [7, 11) is 0. The van der Waals surface area contributed by atoms with Gasteiger partial charge >= 0.3 is 5.69 Å². The zero-order chi connectivity index (χ0) is 13.8. The third-order valence-corrected chi connectivity index (χ3v) is 3.20. The van der Waals surface area contributed by atoms with E-state index >= 15 is 0 Å². The fourth-order valence-corrected chi connectivity index (χ4v) is 2.23. The Labute approximate surface area is 110 Å². The fraction of sp³-hybridized carbons (Fsp3) is 0.667. The number of nitrogens with two attached hydrogens (primary N) is 1. The van der Waals surface area contributed by atoms with E-state index in [1.54, 1.807) is 0 Å². The molecule has 1 aromatic heterocycles. The number of aromatic nitrogens is 2. The summed E-state index contributed by atoms with van der Waals surface area (Å²) in [6.07, 6.45) is 2.64. The first-order valence-corrected chi connectivity index (χ1v) is 6.60. The van der Waals surface area contributed by atoms with Crippen LogP contribution in [0.5, 0.6) is 0 Å². The molecule has 4 N–H and O–H groups in total. The van der Waals surface area contributed by atoms with Gasteiger partial charge in [0.05, 0.1) is 6.61 Å². The lowest BCUT2D eigenvalue weighted by Gasteiger charge is -2.24. The molecule has 19 heavy (non-hydrogen) atoms. The molecule has 1 atom stereocenters. The van der Waals surface area contributed by atoms with E-state index in [9.17, 15) is 9.59 Å². The second-order valence-electron chi connectivity index (χ2n) is 4.73. The standard InChI is InChI=1S/C12H20N4O3/c1-2-5-16-10(13)9(11(17)15-12(16)18)14-8-4-3-6-19-7-8/h8,14H,2-7,13H2,1H3,(H,15,17,18). The molecule has 1 aromatic rings. The largest absolute Gasteiger partial charge is 0.383 e. The molecule has 106 valence electrons. The number of aromatic amines is 1. The second kappa shape index (κ2) is 5.92. The average Bonchev–Trinajstić information content (AvgIpc) is 2.41. The van der Waals surface area contributed by atoms with Gasteiger partial charge in [-0.15, -0.1) is 0 Å². The summed E-state index contributed by atoms with van der Waals surface area (Å²) in [6.45, 7) is 3.72. The van der Waals surface area contributed by atoms with Crippen molar-refractivity contribution in [3.63, 3.8) is 0 Å². The SMILES string of the molecule is CCCn1c(N)c(NC2CCCOC2)c(=O)[nH]c1=O. The van der Waals surface area contributed by atoms with E-state index in [1.165, 1.54) is 4.57 Å². The molecule has 0 bridgehead atoms. The van der Waals surface area contributed by atoms with Crippen LogP contribution in [0.4, 0.5) is 11.5 Å². The third-order valence-electron chi connectivity index (χ3n) is 3.20. The minimum Gasteiger partial charge on any atom is -0.383 e. The number of H-pyrrole nitrogens is 1. The van der Waals surface area contributed by atoms with E-state index in [1.807, 2.05) is 6.92 Å². The maximum atomic E-state index is 11.8. The maximum absolute atomic E-state index is 11.8. The number of nitrogens with zero attached hydrogens (tertiary/aromatic N) is 1. The van der Waals surface area contributed by atoms with Crippen molar-refractivity contribution in [2.75, 3.05) is 24.3 Å². The lowest BCUT2D eigenvalue weighted by atomic mass is 10.1. The topological polar surface area (TPSA) is 102 Å². The van der Waals surface area contributed by atoms with Crippen LogP contribution in [0.15, 0.2) is 9.59 Å². The van der Waals surface area contributed by atoms with Crippen LogP contribution >= 0.6 is 0 Å². The second-order valence-corrected chi connectivity index (χ2v) is 4.73. The van der Waals surface area contributed by atoms with E-state index in [0.717, 1.165) is 25.9 Å². The monoisotopic (exact) mass is 268 g/mol. The van der Waals surface area contributed by atoms with E-state index in [-0.39, 0.29) is 17.5 Å². The van der Waals surface area contributed by atoms with E-state index in [2.05, 4.69) is 10.3 Å². The first-order valence-electron chi connectivity index (χ1n) is 6.60. The molecule has 1 saturated heterocycles. The van der Waals surface area contributed by atoms with Gasteiger partial charge in [-0.2, -0.15) is 0 Å². The van der Waals surface area contributed by atoms with E-state index in [0.29, 0.717) is 13.2 Å². The first kappa shape index (κ1) is 13.7. The summed E-state index contributed by atoms with van der Waals surface area (Å²) in [4.78, 5) is 25.8. The molecular formula is C12H20N4O3. The van der Waals surface area contributed by atoms with Crippen LogP contribution in [-0.4, -0.2) is 28.8 Å². The number of rotatable bonds is 4. The Hall–Kier alpha value is -1.76. The van der Waals surface area contributed by atoms with E-state index < -0.39 is 11.2 Å². The Morgan fingerprint density at radius 2 is 2.32 bits per heavy atom. The van der Waals surface area contributed by atoms with Crippen molar-refractivity contribution in [3.8, 4) is 0 Å². The number of nitrogens with one attached hydrogen (secondary N) is 2. The van der Waals surface area contributed by atoms with Crippen molar-refractivity contribution in [1.29, 1.82) is 0 Å². The van der Waals surface area contributed by atoms with Gasteiger partial charge < -0.3 is 15.8 Å². The minimum absolute atomic E-state index is 0.0599. The zero-order valence-corrected chi connectivity index (χ0v) is 11.1. The van der Waals surface area contributed by atoms with Crippen molar-refractivity contribution in [2.45, 2.75) is 38.8 Å². The van der Waals surface area contributed by atoms with Gasteiger partial charge in [0.25, 0.3) is 5.56 Å². The summed E-state index contributed by atoms with van der Waals surface area (Å²) in [6, 6.07) is 0.0599. The molecule has 0 aromatic carbocycles. The lowest BCUT2D eigenvalue weighted by Crippen LogP contribution is -2.38. The van der Waals surface area contributed by atoms with Gasteiger partial charge in [-0.25, -0.2) is 4.79 Å². The highest BCUT2D eigenvalue weighted by atomic mass is 16.5. The van der Waals surface area contributed by atoms with Crippen LogP contribution in [0.25, 0.3) is 0 Å². The van der Waals surface area contributed by atoms with Crippen LogP contribution in [0.2, 0.25) is 0 Å². The molecule has 0 aliphatic carbocycles. The van der Waals surface area contributed by atoms with Crippen LogP contribution < -0.4 is 22.3 Å². The molecule has 0 spiro atoms. The van der Waals surface area contributed by atoms with Crippen LogP contribution in [-0.2, 0) is 11.3 Å². The van der Waals surface area contributed by atoms with Crippen LogP contribution in [0.1, 0.15) is 26.2 Å². The minimum atomic E-state index is -0.472. The number of anilines is 2. The summed E-state index contributed by atoms with van der Waals surface area (Å²) in [5, 5.41) is 3.09. The highest BCUT2D eigenvalue weighted by Crippen LogP contribution is 2.16. The highest BCUT2D eigenvalue weighted by molar-refractivity contribution is 5.60. The van der Waals surface area contributed by atoms with Gasteiger partial charge in [0, 0.05) is 19.2 Å². The molecule has 0 saturated carbocycles. The summed E-state index contributed by atoms with van der Waals surface area (Å²) in [5.41, 5.74) is 5.26. The molecule has 7 nitrogen and oxygen atoms in total. The normalized spacial score (nSPS) is 19.3. The summed E-state index contributed by atoms with van der Waals surface area (Å²) < 4.78 is 6.73. The predicted molar refractivity (Wildman–Crippen MR) is 73.5 cm³/mol. The van der Waals surface area contributed by atoms with Gasteiger partial charge in [-0.1, -0.05) is 6.92 Å². The van der Waals surface area contributed by atoms with Crippen molar-refractivity contribution in [2.24, 2.45) is 0 Å². The highest BCUT2D eigenvalue weighted by Gasteiger charge is 2.18. The van der Waals surface area contributed by atoms with Crippen LogP contribution in [0, 0.1) is 0 Å². The Morgan fingerprint density at radius 1 is 1.53 bits per heavy atom. The fourth-order valence-electron chi connectivity index (χ4n) is 2.23. The van der Waals surface area contributed by atoms with E-state index in [4.69, 9.17) is 10.5 Å². The number of ether oxygens (including phenoxy) is 1. The lowest BCUT2D eigenvalue weighted by molar-refractivity contribution is 0.0876. The third kappa shape index (κ3) is 2.98. The van der Waals surface area contributed by atoms with Crippen molar-refractivity contribution in [1.82, 2.24) is 9.55 Å². The smallest absolute Gasteiger partial charge is 0.330 e.